The van der Waals surface area contributed by atoms with Crippen molar-refractivity contribution in [2.45, 2.75) is 33.2 Å². The fraction of sp³-hybridized carbons (Fsp3) is 0.500. The van der Waals surface area contributed by atoms with Gasteiger partial charge in [-0.25, -0.2) is 4.98 Å². The molecule has 0 radical (unpaired) electrons. The second kappa shape index (κ2) is 6.34. The summed E-state index contributed by atoms with van der Waals surface area (Å²) in [6.07, 6.45) is 1.88. The Morgan fingerprint density at radius 3 is 2.58 bits per heavy atom. The fourth-order valence-corrected chi connectivity index (χ4v) is 2.57. The Labute approximate surface area is 128 Å². The molecule has 19 heavy (non-hydrogen) atoms. The van der Waals surface area contributed by atoms with Gasteiger partial charge < -0.3 is 4.57 Å². The van der Waals surface area contributed by atoms with Crippen LogP contribution in [0.1, 0.15) is 26.1 Å². The molecule has 1 heterocycles. The number of hydrogen-bond acceptors (Lipinski definition) is 1. The molecule has 104 valence electrons. The van der Waals surface area contributed by atoms with Gasteiger partial charge in [-0.2, -0.15) is 0 Å². The molecule has 5 heteroatoms. The van der Waals surface area contributed by atoms with Crippen LogP contribution in [0.25, 0.3) is 11.0 Å². The lowest BCUT2D eigenvalue weighted by molar-refractivity contribution is 0.466. The van der Waals surface area contributed by atoms with Crippen molar-refractivity contribution in [3.8, 4) is 0 Å². The van der Waals surface area contributed by atoms with Crippen LogP contribution in [0.5, 0.6) is 0 Å². The first-order valence-corrected chi connectivity index (χ1v) is 7.76. The lowest BCUT2D eigenvalue weighted by Crippen LogP contribution is -2.10. The van der Waals surface area contributed by atoms with E-state index in [2.05, 4.69) is 23.4 Å². The van der Waals surface area contributed by atoms with Crippen molar-refractivity contribution in [2.75, 3.05) is 5.88 Å². The van der Waals surface area contributed by atoms with Crippen molar-refractivity contribution in [3.05, 3.63) is 28.0 Å². The quantitative estimate of drug-likeness (QED) is 0.695. The van der Waals surface area contributed by atoms with Crippen LogP contribution >= 0.6 is 34.8 Å². The number of benzene rings is 1. The smallest absolute Gasteiger partial charge is 0.111 e. The SMILES string of the molecule is CCC(C)Cn1c(CCCl)nc2cc(Cl)c(Cl)cc21. The first-order chi connectivity index (χ1) is 9.06. The summed E-state index contributed by atoms with van der Waals surface area (Å²) >= 11 is 18.0. The van der Waals surface area contributed by atoms with Gasteiger partial charge in [0.25, 0.3) is 0 Å². The van der Waals surface area contributed by atoms with E-state index in [1.165, 1.54) is 0 Å². The number of halogens is 3. The largest absolute Gasteiger partial charge is 0.328 e. The Balaban J connectivity index is 2.55. The van der Waals surface area contributed by atoms with Crippen LogP contribution in [-0.4, -0.2) is 15.4 Å². The number of nitrogens with zero attached hydrogens (tertiary/aromatic N) is 2. The molecule has 0 aliphatic heterocycles. The summed E-state index contributed by atoms with van der Waals surface area (Å²) in [5.74, 6) is 2.15. The van der Waals surface area contributed by atoms with Crippen molar-refractivity contribution in [2.24, 2.45) is 5.92 Å². The number of rotatable bonds is 5. The predicted octanol–water partition coefficient (Wildman–Crippen LogP) is 5.17. The van der Waals surface area contributed by atoms with Crippen LogP contribution in [0.15, 0.2) is 12.1 Å². The van der Waals surface area contributed by atoms with E-state index < -0.39 is 0 Å². The zero-order chi connectivity index (χ0) is 14.0. The summed E-state index contributed by atoms with van der Waals surface area (Å²) in [7, 11) is 0. The Morgan fingerprint density at radius 1 is 1.26 bits per heavy atom. The average molecular weight is 320 g/mol. The normalized spacial score (nSPS) is 13.1. The average Bonchev–Trinajstić information content (AvgIpc) is 2.68. The summed E-state index contributed by atoms with van der Waals surface area (Å²) in [5, 5.41) is 1.11. The molecule has 2 nitrogen and oxygen atoms in total. The summed E-state index contributed by atoms with van der Waals surface area (Å²) in [6.45, 7) is 5.35. The van der Waals surface area contributed by atoms with Crippen LogP contribution in [0.2, 0.25) is 10.0 Å². The van der Waals surface area contributed by atoms with Gasteiger partial charge >= 0.3 is 0 Å². The summed E-state index contributed by atoms with van der Waals surface area (Å²) in [4.78, 5) is 4.63. The molecular weight excluding hydrogens is 303 g/mol. The molecule has 0 N–H and O–H groups in total. The van der Waals surface area contributed by atoms with E-state index in [0.29, 0.717) is 21.8 Å². The van der Waals surface area contributed by atoms with Gasteiger partial charge in [-0.3, -0.25) is 0 Å². The van der Waals surface area contributed by atoms with Crippen molar-refractivity contribution >= 4 is 45.8 Å². The highest BCUT2D eigenvalue weighted by atomic mass is 35.5. The maximum absolute atomic E-state index is 6.12. The van der Waals surface area contributed by atoms with Gasteiger partial charge in [-0.15, -0.1) is 11.6 Å². The first kappa shape index (κ1) is 15.0. The maximum Gasteiger partial charge on any atom is 0.111 e. The van der Waals surface area contributed by atoms with Crippen molar-refractivity contribution in [3.63, 3.8) is 0 Å². The molecule has 0 amide bonds. The standard InChI is InChI=1S/C14H17Cl3N2/c1-3-9(2)8-19-13-7-11(17)10(16)6-12(13)18-14(19)4-5-15/h6-7,9H,3-5,8H2,1-2H3. The molecule has 2 rings (SSSR count). The molecule has 0 saturated heterocycles. The van der Waals surface area contributed by atoms with Crippen LogP contribution in [0, 0.1) is 5.92 Å². The van der Waals surface area contributed by atoms with E-state index >= 15 is 0 Å². The van der Waals surface area contributed by atoms with E-state index in [0.717, 1.165) is 36.2 Å². The van der Waals surface area contributed by atoms with E-state index in [1.807, 2.05) is 12.1 Å². The van der Waals surface area contributed by atoms with Gasteiger partial charge in [0.1, 0.15) is 5.82 Å². The Bertz CT molecular complexity index is 578. The summed E-state index contributed by atoms with van der Waals surface area (Å²) in [6, 6.07) is 3.72. The second-order valence-corrected chi connectivity index (χ2v) is 6.04. The van der Waals surface area contributed by atoms with E-state index in [1.54, 1.807) is 0 Å². The number of imidazole rings is 1. The van der Waals surface area contributed by atoms with Gasteiger partial charge in [0, 0.05) is 18.8 Å². The highest BCUT2D eigenvalue weighted by Gasteiger charge is 2.14. The highest BCUT2D eigenvalue weighted by Crippen LogP contribution is 2.29. The number of aromatic nitrogens is 2. The van der Waals surface area contributed by atoms with Crippen LogP contribution in [0.4, 0.5) is 0 Å². The molecule has 0 bridgehead atoms. The number of hydrogen-bond donors (Lipinski definition) is 0. The monoisotopic (exact) mass is 318 g/mol. The van der Waals surface area contributed by atoms with Crippen LogP contribution in [-0.2, 0) is 13.0 Å². The molecule has 0 saturated carbocycles. The van der Waals surface area contributed by atoms with Gasteiger partial charge in [0.2, 0.25) is 0 Å². The van der Waals surface area contributed by atoms with Crippen molar-refractivity contribution in [1.29, 1.82) is 0 Å². The molecule has 1 aromatic heterocycles. The molecule has 1 aromatic carbocycles. The van der Waals surface area contributed by atoms with Gasteiger partial charge in [0.15, 0.2) is 0 Å². The fourth-order valence-electron chi connectivity index (χ4n) is 2.09. The summed E-state index contributed by atoms with van der Waals surface area (Å²) < 4.78 is 2.22. The molecule has 0 spiro atoms. The Morgan fingerprint density at radius 2 is 1.95 bits per heavy atom. The molecule has 0 fully saturated rings. The van der Waals surface area contributed by atoms with Gasteiger partial charge in [-0.05, 0) is 18.1 Å². The molecule has 0 aliphatic carbocycles. The highest BCUT2D eigenvalue weighted by molar-refractivity contribution is 6.42. The van der Waals surface area contributed by atoms with Gasteiger partial charge in [0.05, 0.1) is 21.1 Å². The molecule has 1 atom stereocenters. The number of alkyl halides is 1. The minimum Gasteiger partial charge on any atom is -0.328 e. The zero-order valence-corrected chi connectivity index (χ0v) is 13.4. The minimum atomic E-state index is 0.541. The third kappa shape index (κ3) is 3.18. The maximum atomic E-state index is 6.12. The Hall–Kier alpha value is -0.440. The molecule has 0 aliphatic rings. The van der Waals surface area contributed by atoms with E-state index in [-0.39, 0.29) is 0 Å². The van der Waals surface area contributed by atoms with E-state index in [9.17, 15) is 0 Å². The van der Waals surface area contributed by atoms with Crippen molar-refractivity contribution < 1.29 is 0 Å². The number of fused-ring (bicyclic) bond motifs is 1. The third-order valence-corrected chi connectivity index (χ3v) is 4.29. The van der Waals surface area contributed by atoms with Crippen LogP contribution in [0.3, 0.4) is 0 Å². The van der Waals surface area contributed by atoms with Gasteiger partial charge in [-0.1, -0.05) is 43.5 Å². The number of aryl methyl sites for hydroxylation is 1. The first-order valence-electron chi connectivity index (χ1n) is 6.47. The molecule has 2 aromatic rings. The van der Waals surface area contributed by atoms with E-state index in [4.69, 9.17) is 34.8 Å². The lowest BCUT2D eigenvalue weighted by Gasteiger charge is -2.13. The Kier molecular flexibility index (Phi) is 4.99. The lowest BCUT2D eigenvalue weighted by atomic mass is 10.1. The zero-order valence-electron chi connectivity index (χ0n) is 11.1. The predicted molar refractivity (Wildman–Crippen MR) is 83.6 cm³/mol. The molecule has 1 unspecified atom stereocenters. The summed E-state index contributed by atoms with van der Waals surface area (Å²) in [5.41, 5.74) is 1.92. The molecular formula is C14H17Cl3N2. The third-order valence-electron chi connectivity index (χ3n) is 3.38. The van der Waals surface area contributed by atoms with Crippen LogP contribution < -0.4 is 0 Å². The van der Waals surface area contributed by atoms with Crippen molar-refractivity contribution in [1.82, 2.24) is 9.55 Å². The second-order valence-electron chi connectivity index (χ2n) is 4.85. The minimum absolute atomic E-state index is 0.541. The topological polar surface area (TPSA) is 17.8 Å².